The van der Waals surface area contributed by atoms with Gasteiger partial charge in [-0.1, -0.05) is 12.1 Å². The number of Topliss-reactive ketones (excluding diaryl/α,β-unsaturated/α-hetero) is 1. The molecule has 1 fully saturated rings. The maximum absolute atomic E-state index is 13.3. The molecule has 0 saturated carbocycles. The molecule has 0 bridgehead atoms. The van der Waals surface area contributed by atoms with Crippen molar-refractivity contribution in [3.05, 3.63) is 95.2 Å². The van der Waals surface area contributed by atoms with Gasteiger partial charge in [0.2, 0.25) is 0 Å². The number of carbonyl (C=O) groups excluding carboxylic acids is 2. The highest BCUT2D eigenvalue weighted by atomic mass is 16.5. The average molecular weight is 513 g/mol. The predicted molar refractivity (Wildman–Crippen MR) is 143 cm³/mol. The van der Waals surface area contributed by atoms with Crippen LogP contribution in [0.4, 0.5) is 0 Å². The highest BCUT2D eigenvalue weighted by molar-refractivity contribution is 6.46. The minimum Gasteiger partial charge on any atom is -0.508 e. The number of nitrogens with one attached hydrogen (secondary N) is 1. The number of hydrogen-bond acceptors (Lipinski definition) is 6. The van der Waals surface area contributed by atoms with Crippen LogP contribution in [-0.2, 0) is 16.0 Å². The number of ketones is 1. The minimum atomic E-state index is -0.867. The summed E-state index contributed by atoms with van der Waals surface area (Å²) in [6.45, 7) is 2.59. The van der Waals surface area contributed by atoms with Crippen LogP contribution in [0, 0.1) is 0 Å². The summed E-state index contributed by atoms with van der Waals surface area (Å²) in [5.74, 6) is -0.413. The molecule has 1 amide bonds. The molecule has 1 saturated heterocycles. The summed E-state index contributed by atoms with van der Waals surface area (Å²) in [4.78, 5) is 31.3. The average Bonchev–Trinajstić information content (AvgIpc) is 3.45. The number of H-pyrrole nitrogens is 1. The van der Waals surface area contributed by atoms with Crippen LogP contribution in [-0.4, -0.2) is 52.0 Å². The van der Waals surface area contributed by atoms with Gasteiger partial charge in [0.05, 0.1) is 25.3 Å². The van der Waals surface area contributed by atoms with Crippen molar-refractivity contribution in [1.29, 1.82) is 0 Å². The Morgan fingerprint density at radius 3 is 2.50 bits per heavy atom. The van der Waals surface area contributed by atoms with Crippen molar-refractivity contribution in [2.45, 2.75) is 19.4 Å². The van der Waals surface area contributed by atoms with Crippen LogP contribution in [0.25, 0.3) is 16.7 Å². The summed E-state index contributed by atoms with van der Waals surface area (Å²) in [7, 11) is 1.60. The zero-order valence-electron chi connectivity index (χ0n) is 21.1. The van der Waals surface area contributed by atoms with Crippen LogP contribution in [0.5, 0.6) is 17.2 Å². The minimum absolute atomic E-state index is 0.00196. The van der Waals surface area contributed by atoms with E-state index in [9.17, 15) is 19.8 Å². The molecule has 1 aromatic heterocycles. The lowest BCUT2D eigenvalue weighted by Gasteiger charge is -2.25. The highest BCUT2D eigenvalue weighted by Crippen LogP contribution is 2.40. The van der Waals surface area contributed by atoms with Gasteiger partial charge in [0.1, 0.15) is 23.0 Å². The number of methoxy groups -OCH3 is 1. The summed E-state index contributed by atoms with van der Waals surface area (Å²) in [5, 5.41) is 22.4. The molecule has 0 radical (unpaired) electrons. The smallest absolute Gasteiger partial charge is 0.295 e. The van der Waals surface area contributed by atoms with Crippen molar-refractivity contribution < 1.29 is 29.3 Å². The molecule has 0 spiro atoms. The molecule has 3 aromatic carbocycles. The van der Waals surface area contributed by atoms with Gasteiger partial charge in [0.25, 0.3) is 11.7 Å². The first-order valence-electron chi connectivity index (χ1n) is 12.4. The number of nitrogens with zero attached hydrogens (tertiary/aromatic N) is 1. The fourth-order valence-electron chi connectivity index (χ4n) is 4.92. The molecule has 1 unspecified atom stereocenters. The lowest BCUT2D eigenvalue weighted by molar-refractivity contribution is -0.139. The molecule has 2 heterocycles. The number of benzene rings is 3. The van der Waals surface area contributed by atoms with Crippen molar-refractivity contribution in [1.82, 2.24) is 9.88 Å². The van der Waals surface area contributed by atoms with E-state index in [2.05, 4.69) is 4.98 Å². The number of rotatable bonds is 8. The number of hydrogen-bond donors (Lipinski definition) is 3. The van der Waals surface area contributed by atoms with E-state index in [0.717, 1.165) is 16.5 Å². The predicted octanol–water partition coefficient (Wildman–Crippen LogP) is 4.95. The van der Waals surface area contributed by atoms with Crippen LogP contribution in [0.1, 0.15) is 29.7 Å². The number of aliphatic hydroxyl groups is 1. The third kappa shape index (κ3) is 4.56. The van der Waals surface area contributed by atoms with Crippen molar-refractivity contribution in [3.8, 4) is 17.2 Å². The molecule has 4 aromatic rings. The number of fused-ring (bicyclic) bond motifs is 1. The maximum atomic E-state index is 13.3. The monoisotopic (exact) mass is 512 g/mol. The van der Waals surface area contributed by atoms with E-state index in [1.165, 1.54) is 17.0 Å². The summed E-state index contributed by atoms with van der Waals surface area (Å²) >= 11 is 0. The summed E-state index contributed by atoms with van der Waals surface area (Å²) in [6.07, 6.45) is 2.34. The standard InChI is InChI=1S/C30H28N2O6/c1-3-38-22-9-7-18(8-10-22)28(34)26-27(19-5-4-6-21(33)15-19)32(30(36)29(26)35)14-13-20-17-31-25-12-11-23(37-2)16-24(20)25/h4-12,15-17,27,31,33-34H,3,13-14H2,1-2H3/b28-26-. The third-order valence-corrected chi connectivity index (χ3v) is 6.76. The van der Waals surface area contributed by atoms with Crippen LogP contribution in [0.3, 0.4) is 0 Å². The van der Waals surface area contributed by atoms with Gasteiger partial charge < -0.3 is 29.6 Å². The second kappa shape index (κ2) is 10.3. The zero-order chi connectivity index (χ0) is 26.8. The number of aromatic hydroxyl groups is 1. The molecule has 1 aliphatic heterocycles. The molecular formula is C30H28N2O6. The lowest BCUT2D eigenvalue weighted by atomic mass is 9.95. The lowest BCUT2D eigenvalue weighted by Crippen LogP contribution is -2.31. The van der Waals surface area contributed by atoms with E-state index in [-0.39, 0.29) is 23.6 Å². The van der Waals surface area contributed by atoms with Gasteiger partial charge in [0, 0.05) is 29.2 Å². The molecule has 3 N–H and O–H groups in total. The number of aromatic amines is 1. The Morgan fingerprint density at radius 2 is 1.79 bits per heavy atom. The van der Waals surface area contributed by atoms with Crippen molar-refractivity contribution in [2.75, 3.05) is 20.3 Å². The first-order valence-corrected chi connectivity index (χ1v) is 12.4. The molecule has 38 heavy (non-hydrogen) atoms. The fourth-order valence-corrected chi connectivity index (χ4v) is 4.92. The number of phenolic OH excluding ortho intramolecular Hbond substituents is 1. The zero-order valence-corrected chi connectivity index (χ0v) is 21.1. The Labute approximate surface area is 219 Å². The highest BCUT2D eigenvalue weighted by Gasteiger charge is 2.46. The van der Waals surface area contributed by atoms with Gasteiger partial charge in [-0.3, -0.25) is 9.59 Å². The fraction of sp³-hybridized carbons (Fsp3) is 0.200. The second-order valence-electron chi connectivity index (χ2n) is 9.02. The Balaban J connectivity index is 1.53. The number of aromatic nitrogens is 1. The number of amides is 1. The number of phenols is 1. The van der Waals surface area contributed by atoms with Crippen LogP contribution in [0.15, 0.2) is 78.5 Å². The van der Waals surface area contributed by atoms with E-state index in [1.54, 1.807) is 43.5 Å². The molecule has 8 nitrogen and oxygen atoms in total. The van der Waals surface area contributed by atoms with Gasteiger partial charge in [-0.2, -0.15) is 0 Å². The van der Waals surface area contributed by atoms with Crippen LogP contribution < -0.4 is 9.47 Å². The Bertz CT molecular complexity index is 1540. The normalized spacial score (nSPS) is 16.8. The quantitative estimate of drug-likeness (QED) is 0.175. The van der Waals surface area contributed by atoms with E-state index in [1.807, 2.05) is 31.3 Å². The number of aliphatic hydroxyl groups excluding tert-OH is 1. The molecule has 1 atom stereocenters. The van der Waals surface area contributed by atoms with Crippen molar-refractivity contribution in [3.63, 3.8) is 0 Å². The van der Waals surface area contributed by atoms with Crippen LogP contribution >= 0.6 is 0 Å². The molecule has 5 rings (SSSR count). The third-order valence-electron chi connectivity index (χ3n) is 6.76. The SMILES string of the molecule is CCOc1ccc(/C(O)=C2/C(=O)C(=O)N(CCc3c[nH]c4ccc(OC)cc34)C2c2cccc(O)c2)cc1. The largest absolute Gasteiger partial charge is 0.508 e. The topological polar surface area (TPSA) is 112 Å². The number of carbonyl (C=O) groups is 2. The molecule has 194 valence electrons. The Kier molecular flexibility index (Phi) is 6.79. The van der Waals surface area contributed by atoms with E-state index < -0.39 is 17.7 Å². The van der Waals surface area contributed by atoms with Gasteiger partial charge in [-0.25, -0.2) is 0 Å². The van der Waals surface area contributed by atoms with Gasteiger partial charge in [-0.05, 0) is 79.1 Å². The molecular weight excluding hydrogens is 484 g/mol. The summed E-state index contributed by atoms with van der Waals surface area (Å²) in [5.41, 5.74) is 2.79. The Hall–Kier alpha value is -4.72. The van der Waals surface area contributed by atoms with Crippen molar-refractivity contribution in [2.24, 2.45) is 0 Å². The molecule has 1 aliphatic rings. The van der Waals surface area contributed by atoms with Gasteiger partial charge >= 0.3 is 0 Å². The number of likely N-dealkylation sites (tertiary alicyclic amines) is 1. The van der Waals surface area contributed by atoms with E-state index in [4.69, 9.17) is 9.47 Å². The van der Waals surface area contributed by atoms with E-state index >= 15 is 0 Å². The number of ether oxygens (including phenoxy) is 2. The summed E-state index contributed by atoms with van der Waals surface area (Å²) in [6, 6.07) is 17.9. The van der Waals surface area contributed by atoms with Crippen LogP contribution in [0.2, 0.25) is 0 Å². The maximum Gasteiger partial charge on any atom is 0.295 e. The second-order valence-corrected chi connectivity index (χ2v) is 9.02. The first-order chi connectivity index (χ1) is 18.4. The van der Waals surface area contributed by atoms with Crippen molar-refractivity contribution >= 4 is 28.4 Å². The van der Waals surface area contributed by atoms with E-state index in [0.29, 0.717) is 35.7 Å². The first kappa shape index (κ1) is 25.0. The summed E-state index contributed by atoms with van der Waals surface area (Å²) < 4.78 is 10.8. The van der Waals surface area contributed by atoms with Gasteiger partial charge in [0.15, 0.2) is 0 Å². The Morgan fingerprint density at radius 1 is 1.03 bits per heavy atom. The molecule has 8 heteroatoms. The van der Waals surface area contributed by atoms with Gasteiger partial charge in [-0.15, -0.1) is 0 Å². The molecule has 0 aliphatic carbocycles.